The molecule has 2 N–H and O–H groups in total. The van der Waals surface area contributed by atoms with Gasteiger partial charge in [-0.05, 0) is 68.7 Å². The van der Waals surface area contributed by atoms with E-state index in [2.05, 4.69) is 58.6 Å². The van der Waals surface area contributed by atoms with Gasteiger partial charge in [0.2, 0.25) is 10.7 Å². The van der Waals surface area contributed by atoms with Gasteiger partial charge in [0, 0.05) is 37.1 Å². The molecule has 7 nitrogen and oxygen atoms in total. The molecule has 0 saturated carbocycles. The van der Waals surface area contributed by atoms with Gasteiger partial charge in [0.05, 0.1) is 5.52 Å². The number of para-hydroxylation sites is 1. The van der Waals surface area contributed by atoms with Gasteiger partial charge in [-0.3, -0.25) is 9.59 Å². The van der Waals surface area contributed by atoms with Gasteiger partial charge >= 0.3 is 0 Å². The minimum absolute atomic E-state index is 0.0502. The van der Waals surface area contributed by atoms with Crippen LogP contribution >= 0.6 is 12.2 Å². The van der Waals surface area contributed by atoms with Crippen molar-refractivity contribution in [2.45, 2.75) is 39.2 Å². The van der Waals surface area contributed by atoms with Gasteiger partial charge in [0.1, 0.15) is 11.9 Å². The Balaban J connectivity index is 1.26. The normalized spacial score (nSPS) is 14.7. The number of carbonyl (C=O) groups is 2. The Morgan fingerprint density at radius 2 is 2.06 bits per heavy atom. The minimum atomic E-state index is -0.484. The van der Waals surface area contributed by atoms with Gasteiger partial charge in [0.15, 0.2) is 0 Å². The standard InChI is InChI=1S/C25H29N5O2S/c1-3-29(18-9-6-8-17(2)16-18)15-7-14-26-22(31)13-12-21-24(32)30-23(27-21)19-10-4-5-11-20(19)28-25(30)33/h4-6,8-11,16,21,27H,3,7,12-15H2,1-2H3,(H,26,31). The molecule has 2 aromatic carbocycles. The zero-order valence-corrected chi connectivity index (χ0v) is 19.8. The number of carbonyl (C=O) groups excluding carboxylic acids is 2. The fraction of sp³-hybridized carbons (Fsp3) is 0.360. The van der Waals surface area contributed by atoms with E-state index in [1.54, 1.807) is 0 Å². The number of amides is 1. The van der Waals surface area contributed by atoms with Crippen LogP contribution in [0.15, 0.2) is 48.5 Å². The average molecular weight is 464 g/mol. The van der Waals surface area contributed by atoms with Gasteiger partial charge < -0.3 is 15.5 Å². The number of hydrogen-bond acceptors (Lipinski definition) is 6. The molecular formula is C25H29N5O2S. The second-order valence-corrected chi connectivity index (χ2v) is 8.66. The quantitative estimate of drug-likeness (QED) is 0.363. The third kappa shape index (κ3) is 5.06. The summed E-state index contributed by atoms with van der Waals surface area (Å²) in [6, 6.07) is 15.5. The fourth-order valence-corrected chi connectivity index (χ4v) is 4.50. The third-order valence-corrected chi connectivity index (χ3v) is 6.23. The summed E-state index contributed by atoms with van der Waals surface area (Å²) in [6.07, 6.45) is 1.53. The lowest BCUT2D eigenvalue weighted by molar-refractivity contribution is -0.121. The number of hydrogen-bond donors (Lipinski definition) is 2. The van der Waals surface area contributed by atoms with Crippen LogP contribution in [0.2, 0.25) is 0 Å². The first-order chi connectivity index (χ1) is 16.0. The molecule has 3 aromatic rings. The van der Waals surface area contributed by atoms with Crippen LogP contribution in [0.25, 0.3) is 10.9 Å². The topological polar surface area (TPSA) is 79.3 Å². The lowest BCUT2D eigenvalue weighted by Gasteiger charge is -2.23. The molecule has 4 rings (SSSR count). The Labute approximate surface area is 198 Å². The van der Waals surface area contributed by atoms with Gasteiger partial charge in [-0.15, -0.1) is 0 Å². The van der Waals surface area contributed by atoms with Crippen molar-refractivity contribution >= 4 is 46.4 Å². The molecule has 0 saturated heterocycles. The highest BCUT2D eigenvalue weighted by Gasteiger charge is 2.31. The predicted molar refractivity (Wildman–Crippen MR) is 135 cm³/mol. The van der Waals surface area contributed by atoms with E-state index >= 15 is 0 Å². The maximum absolute atomic E-state index is 12.9. The zero-order valence-electron chi connectivity index (χ0n) is 19.0. The van der Waals surface area contributed by atoms with Crippen molar-refractivity contribution in [1.82, 2.24) is 14.9 Å². The Morgan fingerprint density at radius 3 is 2.85 bits per heavy atom. The first kappa shape index (κ1) is 22.9. The second-order valence-electron chi connectivity index (χ2n) is 8.29. The van der Waals surface area contributed by atoms with E-state index in [9.17, 15) is 9.59 Å². The lowest BCUT2D eigenvalue weighted by atomic mass is 10.1. The number of benzene rings is 2. The van der Waals surface area contributed by atoms with E-state index in [0.717, 1.165) is 30.4 Å². The first-order valence-corrected chi connectivity index (χ1v) is 11.8. The molecule has 0 radical (unpaired) electrons. The summed E-state index contributed by atoms with van der Waals surface area (Å²) < 4.78 is 1.69. The van der Waals surface area contributed by atoms with Crippen LogP contribution in [0.1, 0.15) is 36.5 Å². The van der Waals surface area contributed by atoms with E-state index < -0.39 is 6.04 Å². The van der Waals surface area contributed by atoms with E-state index in [-0.39, 0.29) is 23.0 Å². The van der Waals surface area contributed by atoms with E-state index in [0.29, 0.717) is 18.8 Å². The average Bonchev–Trinajstić information content (AvgIpc) is 3.15. The highest BCUT2D eigenvalue weighted by Crippen LogP contribution is 2.29. The Bertz CT molecular complexity index is 1240. The molecule has 33 heavy (non-hydrogen) atoms. The number of aromatic nitrogens is 2. The summed E-state index contributed by atoms with van der Waals surface area (Å²) in [5, 5.41) is 7.09. The van der Waals surface area contributed by atoms with Crippen molar-refractivity contribution < 1.29 is 9.59 Å². The molecule has 0 fully saturated rings. The van der Waals surface area contributed by atoms with Crippen molar-refractivity contribution in [2.24, 2.45) is 0 Å². The molecule has 1 aromatic heterocycles. The number of rotatable bonds is 9. The number of nitrogens with one attached hydrogen (secondary N) is 2. The molecule has 0 bridgehead atoms. The largest absolute Gasteiger partial charge is 0.372 e. The molecule has 1 aliphatic heterocycles. The molecule has 1 amide bonds. The highest BCUT2D eigenvalue weighted by atomic mass is 32.1. The number of nitrogens with zero attached hydrogens (tertiary/aromatic N) is 3. The maximum Gasteiger partial charge on any atom is 0.257 e. The molecular weight excluding hydrogens is 434 g/mol. The SMILES string of the molecule is CCN(CCCNC(=O)CCC1Nc2c3ccccc3nc(=S)n2C1=O)c1cccc(C)c1. The summed E-state index contributed by atoms with van der Waals surface area (Å²) in [4.78, 5) is 31.9. The van der Waals surface area contributed by atoms with Crippen LogP contribution < -0.4 is 15.5 Å². The fourth-order valence-electron chi connectivity index (χ4n) is 4.22. The van der Waals surface area contributed by atoms with Crippen LogP contribution in [0, 0.1) is 11.7 Å². The highest BCUT2D eigenvalue weighted by molar-refractivity contribution is 7.71. The maximum atomic E-state index is 12.9. The van der Waals surface area contributed by atoms with Crippen LogP contribution in [-0.2, 0) is 4.79 Å². The van der Waals surface area contributed by atoms with Gasteiger partial charge in [0.25, 0.3) is 5.91 Å². The van der Waals surface area contributed by atoms with Crippen molar-refractivity contribution in [3.8, 4) is 0 Å². The monoisotopic (exact) mass is 463 g/mol. The van der Waals surface area contributed by atoms with Crippen LogP contribution in [0.3, 0.4) is 0 Å². The number of fused-ring (bicyclic) bond motifs is 3. The van der Waals surface area contributed by atoms with E-state index in [1.807, 2.05) is 24.3 Å². The minimum Gasteiger partial charge on any atom is -0.372 e. The molecule has 1 atom stereocenters. The summed E-state index contributed by atoms with van der Waals surface area (Å²) in [5.41, 5.74) is 3.19. The van der Waals surface area contributed by atoms with Crippen LogP contribution in [0.4, 0.5) is 11.5 Å². The smallest absolute Gasteiger partial charge is 0.257 e. The van der Waals surface area contributed by atoms with Gasteiger partial charge in [-0.1, -0.05) is 24.3 Å². The summed E-state index contributed by atoms with van der Waals surface area (Å²) in [6.45, 7) is 6.62. The van der Waals surface area contributed by atoms with Crippen molar-refractivity contribution in [2.75, 3.05) is 29.9 Å². The molecule has 8 heteroatoms. The molecule has 1 unspecified atom stereocenters. The molecule has 0 spiro atoms. The Morgan fingerprint density at radius 1 is 1.24 bits per heavy atom. The summed E-state index contributed by atoms with van der Waals surface area (Å²) >= 11 is 5.32. The van der Waals surface area contributed by atoms with E-state index in [1.165, 1.54) is 15.8 Å². The van der Waals surface area contributed by atoms with Gasteiger partial charge in [-0.25, -0.2) is 9.55 Å². The zero-order chi connectivity index (χ0) is 23.4. The Hall–Kier alpha value is -3.26. The van der Waals surface area contributed by atoms with E-state index in [4.69, 9.17) is 12.2 Å². The van der Waals surface area contributed by atoms with Crippen molar-refractivity contribution in [3.63, 3.8) is 0 Å². The number of aryl methyl sites for hydroxylation is 1. The molecule has 1 aliphatic rings. The van der Waals surface area contributed by atoms with Crippen LogP contribution in [0.5, 0.6) is 0 Å². The summed E-state index contributed by atoms with van der Waals surface area (Å²) in [7, 11) is 0. The van der Waals surface area contributed by atoms with Gasteiger partial charge in [-0.2, -0.15) is 0 Å². The summed E-state index contributed by atoms with van der Waals surface area (Å²) in [5.74, 6) is 0.459. The molecule has 2 heterocycles. The third-order valence-electron chi connectivity index (χ3n) is 5.96. The first-order valence-electron chi connectivity index (χ1n) is 11.4. The predicted octanol–water partition coefficient (Wildman–Crippen LogP) is 4.32. The second kappa shape index (κ2) is 10.1. The van der Waals surface area contributed by atoms with Crippen LogP contribution in [-0.4, -0.2) is 47.0 Å². The molecule has 172 valence electrons. The lowest BCUT2D eigenvalue weighted by Crippen LogP contribution is -2.31. The number of anilines is 2. The Kier molecular flexibility index (Phi) is 7.03. The van der Waals surface area contributed by atoms with Crippen molar-refractivity contribution in [3.05, 3.63) is 58.9 Å². The van der Waals surface area contributed by atoms with Crippen molar-refractivity contribution in [1.29, 1.82) is 0 Å². The molecule has 0 aliphatic carbocycles.